The van der Waals surface area contributed by atoms with Crippen LogP contribution in [0.2, 0.25) is 0 Å². The number of nitrogens with zero attached hydrogens (tertiary/aromatic N) is 1. The fourth-order valence-corrected chi connectivity index (χ4v) is 2.91. The first-order valence-electron chi connectivity index (χ1n) is 10.1. The number of amides is 1. The average Bonchev–Trinajstić information content (AvgIpc) is 2.75. The minimum atomic E-state index is -0.429. The smallest absolute Gasteiger partial charge is 0.269 e. The van der Waals surface area contributed by atoms with Gasteiger partial charge in [-0.3, -0.25) is 14.9 Å². The first-order chi connectivity index (χ1) is 14.5. The number of methoxy groups -OCH3 is 1. The molecule has 30 heavy (non-hydrogen) atoms. The molecule has 0 saturated carbocycles. The molecule has 7 nitrogen and oxygen atoms in total. The highest BCUT2D eigenvalue weighted by Crippen LogP contribution is 2.26. The number of rotatable bonds is 12. The summed E-state index contributed by atoms with van der Waals surface area (Å²) in [5.41, 5.74) is 2.80. The van der Waals surface area contributed by atoms with Gasteiger partial charge in [-0.1, -0.05) is 38.0 Å². The summed E-state index contributed by atoms with van der Waals surface area (Å²) in [5.74, 6) is 0.585. The number of carbonyl (C=O) groups excluding carboxylic acids is 1. The van der Waals surface area contributed by atoms with Crippen LogP contribution in [0, 0.1) is 10.1 Å². The first-order valence-corrected chi connectivity index (χ1v) is 10.1. The third-order valence-electron chi connectivity index (χ3n) is 4.61. The lowest BCUT2D eigenvalue weighted by molar-refractivity contribution is -0.384. The van der Waals surface area contributed by atoms with E-state index in [1.54, 1.807) is 25.3 Å². The summed E-state index contributed by atoms with van der Waals surface area (Å²) in [6.07, 6.45) is 7.30. The summed E-state index contributed by atoms with van der Waals surface area (Å²) in [6.45, 7) is 3.50. The third kappa shape index (κ3) is 7.58. The lowest BCUT2D eigenvalue weighted by Crippen LogP contribution is -2.23. The molecule has 0 aliphatic carbocycles. The van der Waals surface area contributed by atoms with E-state index in [0.29, 0.717) is 13.0 Å². The molecular weight excluding hydrogens is 382 g/mol. The number of nitro benzene ring substituents is 1. The molecule has 0 radical (unpaired) electrons. The molecule has 1 amide bonds. The highest BCUT2D eigenvalue weighted by atomic mass is 16.6. The third-order valence-corrected chi connectivity index (χ3v) is 4.61. The number of hydrogen-bond donors (Lipinski definition) is 2. The van der Waals surface area contributed by atoms with Gasteiger partial charge in [0.2, 0.25) is 5.91 Å². The molecule has 7 heteroatoms. The highest BCUT2D eigenvalue weighted by Gasteiger charge is 2.05. The van der Waals surface area contributed by atoms with E-state index in [2.05, 4.69) is 17.6 Å². The Morgan fingerprint density at radius 3 is 2.57 bits per heavy atom. The van der Waals surface area contributed by atoms with E-state index in [1.807, 2.05) is 18.2 Å². The molecule has 0 atom stereocenters. The maximum atomic E-state index is 12.1. The van der Waals surface area contributed by atoms with Crippen molar-refractivity contribution >= 4 is 23.4 Å². The number of anilines is 1. The molecule has 0 spiro atoms. The van der Waals surface area contributed by atoms with Gasteiger partial charge in [0.1, 0.15) is 5.75 Å². The number of unbranched alkanes of at least 4 members (excludes halogenated alkanes) is 2. The standard InChI is InChI=1S/C23H29N3O4/c1-3-4-5-15-24-21-17-19(8-12-22(21)30-2)9-13-23(27)25-16-14-18-6-10-20(11-7-18)26(28)29/h6-13,17,24H,3-5,14-16H2,1-2H3,(H,25,27)/b13-9+. The van der Waals surface area contributed by atoms with Crippen molar-refractivity contribution in [1.29, 1.82) is 0 Å². The van der Waals surface area contributed by atoms with Gasteiger partial charge in [-0.2, -0.15) is 0 Å². The Balaban J connectivity index is 1.85. The molecule has 0 aliphatic heterocycles. The van der Waals surface area contributed by atoms with Crippen LogP contribution in [0.25, 0.3) is 6.08 Å². The summed E-state index contributed by atoms with van der Waals surface area (Å²) in [4.78, 5) is 22.3. The number of nitrogens with one attached hydrogen (secondary N) is 2. The van der Waals surface area contributed by atoms with Crippen molar-refractivity contribution in [2.45, 2.75) is 32.6 Å². The first kappa shape index (κ1) is 22.9. The zero-order valence-corrected chi connectivity index (χ0v) is 17.5. The number of nitro groups is 1. The van der Waals surface area contributed by atoms with Crippen LogP contribution >= 0.6 is 0 Å². The average molecular weight is 412 g/mol. The maximum Gasteiger partial charge on any atom is 0.269 e. The lowest BCUT2D eigenvalue weighted by Gasteiger charge is -2.12. The van der Waals surface area contributed by atoms with E-state index in [1.165, 1.54) is 31.1 Å². The van der Waals surface area contributed by atoms with Gasteiger partial charge in [0.05, 0.1) is 17.7 Å². The van der Waals surface area contributed by atoms with Crippen molar-refractivity contribution < 1.29 is 14.5 Å². The number of carbonyl (C=O) groups is 1. The van der Waals surface area contributed by atoms with Crippen molar-refractivity contribution in [2.75, 3.05) is 25.5 Å². The van der Waals surface area contributed by atoms with E-state index in [4.69, 9.17) is 4.74 Å². The number of hydrogen-bond acceptors (Lipinski definition) is 5. The van der Waals surface area contributed by atoms with E-state index in [9.17, 15) is 14.9 Å². The zero-order chi connectivity index (χ0) is 21.8. The van der Waals surface area contributed by atoms with E-state index in [-0.39, 0.29) is 11.6 Å². The second kappa shape index (κ2) is 12.3. The normalized spacial score (nSPS) is 10.7. The summed E-state index contributed by atoms with van der Waals surface area (Å²) in [6, 6.07) is 12.1. The van der Waals surface area contributed by atoms with Gasteiger partial charge in [0.15, 0.2) is 0 Å². The second-order valence-corrected chi connectivity index (χ2v) is 6.89. The number of ether oxygens (including phenoxy) is 1. The lowest BCUT2D eigenvalue weighted by atomic mass is 10.1. The minimum Gasteiger partial charge on any atom is -0.495 e. The number of benzene rings is 2. The Morgan fingerprint density at radius 2 is 1.90 bits per heavy atom. The van der Waals surface area contributed by atoms with Crippen LogP contribution in [0.1, 0.15) is 37.3 Å². The van der Waals surface area contributed by atoms with Crippen LogP contribution in [0.15, 0.2) is 48.5 Å². The van der Waals surface area contributed by atoms with Crippen molar-refractivity contribution in [1.82, 2.24) is 5.32 Å². The summed E-state index contributed by atoms with van der Waals surface area (Å²) in [5, 5.41) is 16.9. The van der Waals surface area contributed by atoms with Crippen molar-refractivity contribution in [3.63, 3.8) is 0 Å². The molecule has 160 valence electrons. The second-order valence-electron chi connectivity index (χ2n) is 6.89. The molecule has 0 bridgehead atoms. The molecule has 0 unspecified atom stereocenters. The quantitative estimate of drug-likeness (QED) is 0.231. The summed E-state index contributed by atoms with van der Waals surface area (Å²) in [7, 11) is 1.64. The molecule has 0 aromatic heterocycles. The van der Waals surface area contributed by atoms with Crippen LogP contribution in [-0.4, -0.2) is 31.0 Å². The molecule has 0 aliphatic rings. The molecule has 2 aromatic rings. The van der Waals surface area contributed by atoms with Crippen molar-refractivity contribution in [3.8, 4) is 5.75 Å². The van der Waals surface area contributed by atoms with Gasteiger partial charge in [0.25, 0.3) is 5.69 Å². The van der Waals surface area contributed by atoms with E-state index >= 15 is 0 Å². The van der Waals surface area contributed by atoms with E-state index in [0.717, 1.165) is 35.5 Å². The van der Waals surface area contributed by atoms with Gasteiger partial charge in [0, 0.05) is 31.3 Å². The number of non-ortho nitro benzene ring substituents is 1. The SMILES string of the molecule is CCCCCNc1cc(/C=C/C(=O)NCCc2ccc([N+](=O)[O-])cc2)ccc1OC. The van der Waals surface area contributed by atoms with Crippen LogP contribution in [0.4, 0.5) is 11.4 Å². The Hall–Kier alpha value is -3.35. The zero-order valence-electron chi connectivity index (χ0n) is 17.5. The Morgan fingerprint density at radius 1 is 1.13 bits per heavy atom. The summed E-state index contributed by atoms with van der Waals surface area (Å²) >= 11 is 0. The highest BCUT2D eigenvalue weighted by molar-refractivity contribution is 5.91. The van der Waals surface area contributed by atoms with Crippen molar-refractivity contribution in [3.05, 3.63) is 69.8 Å². The fraction of sp³-hybridized carbons (Fsp3) is 0.348. The predicted octanol–water partition coefficient (Wildman–Crippen LogP) is 4.58. The van der Waals surface area contributed by atoms with Crippen LogP contribution in [0.5, 0.6) is 5.75 Å². The van der Waals surface area contributed by atoms with E-state index < -0.39 is 4.92 Å². The summed E-state index contributed by atoms with van der Waals surface area (Å²) < 4.78 is 5.40. The monoisotopic (exact) mass is 411 g/mol. The van der Waals surface area contributed by atoms with Gasteiger partial charge in [-0.05, 0) is 42.2 Å². The topological polar surface area (TPSA) is 93.5 Å². The largest absolute Gasteiger partial charge is 0.495 e. The van der Waals surface area contributed by atoms with Gasteiger partial charge < -0.3 is 15.4 Å². The fourth-order valence-electron chi connectivity index (χ4n) is 2.91. The van der Waals surface area contributed by atoms with Crippen LogP contribution < -0.4 is 15.4 Å². The van der Waals surface area contributed by atoms with Crippen LogP contribution in [0.3, 0.4) is 0 Å². The molecular formula is C23H29N3O4. The Labute approximate surface area is 177 Å². The van der Waals surface area contributed by atoms with Gasteiger partial charge in [-0.25, -0.2) is 0 Å². The van der Waals surface area contributed by atoms with Crippen LogP contribution in [-0.2, 0) is 11.2 Å². The Bertz CT molecular complexity index is 863. The molecule has 0 heterocycles. The molecule has 0 saturated heterocycles. The Kier molecular flexibility index (Phi) is 9.37. The maximum absolute atomic E-state index is 12.1. The molecule has 0 fully saturated rings. The van der Waals surface area contributed by atoms with Gasteiger partial charge in [-0.15, -0.1) is 0 Å². The molecule has 2 N–H and O–H groups in total. The van der Waals surface area contributed by atoms with Crippen molar-refractivity contribution in [2.24, 2.45) is 0 Å². The molecule has 2 rings (SSSR count). The molecule has 2 aromatic carbocycles. The van der Waals surface area contributed by atoms with Gasteiger partial charge >= 0.3 is 0 Å². The predicted molar refractivity (Wildman–Crippen MR) is 120 cm³/mol. The minimum absolute atomic E-state index is 0.0597.